The first-order chi connectivity index (χ1) is 11.5. The van der Waals surface area contributed by atoms with Crippen molar-refractivity contribution >= 4 is 17.2 Å². The number of nitrogens with one attached hydrogen (secondary N) is 1. The Hall–Kier alpha value is -1.76. The Balaban J connectivity index is 1.60. The highest BCUT2D eigenvalue weighted by Gasteiger charge is 2.31. The molecule has 2 aromatic rings. The highest BCUT2D eigenvalue weighted by atomic mass is 32.1. The molecule has 0 aliphatic carbocycles. The third-order valence-electron chi connectivity index (χ3n) is 4.34. The normalized spacial score (nSPS) is 21.1. The van der Waals surface area contributed by atoms with Gasteiger partial charge in [0.2, 0.25) is 0 Å². The third kappa shape index (κ3) is 4.01. The van der Waals surface area contributed by atoms with Gasteiger partial charge >= 0.3 is 0 Å². The number of aromatic nitrogens is 1. The number of hydrogen-bond donors (Lipinski definition) is 2. The molecule has 0 unspecified atom stereocenters. The van der Waals surface area contributed by atoms with Gasteiger partial charge in [-0.3, -0.25) is 9.69 Å². The fraction of sp³-hybridized carbons (Fsp3) is 0.444. The van der Waals surface area contributed by atoms with E-state index in [1.807, 2.05) is 32.0 Å². The lowest BCUT2D eigenvalue weighted by atomic mass is 10.1. The van der Waals surface area contributed by atoms with Crippen LogP contribution in [0.2, 0.25) is 0 Å². The summed E-state index contributed by atoms with van der Waals surface area (Å²) in [4.78, 5) is 19.6. The minimum atomic E-state index is -0.331. The van der Waals surface area contributed by atoms with Crippen molar-refractivity contribution in [3.05, 3.63) is 51.5 Å². The molecule has 6 heteroatoms. The summed E-state index contributed by atoms with van der Waals surface area (Å²) in [6.45, 7) is 5.74. The van der Waals surface area contributed by atoms with E-state index in [1.165, 1.54) is 16.9 Å². The first kappa shape index (κ1) is 17.1. The van der Waals surface area contributed by atoms with Crippen LogP contribution in [0, 0.1) is 13.8 Å². The second-order valence-electron chi connectivity index (χ2n) is 6.32. The van der Waals surface area contributed by atoms with Gasteiger partial charge in [-0.2, -0.15) is 0 Å². The summed E-state index contributed by atoms with van der Waals surface area (Å²) in [5.41, 5.74) is 2.00. The molecule has 1 aliphatic heterocycles. The maximum absolute atomic E-state index is 12.4. The molecular formula is C18H23N3O2S. The number of benzene rings is 1. The molecule has 0 bridgehead atoms. The number of aliphatic hydroxyl groups excluding tert-OH is 1. The van der Waals surface area contributed by atoms with Crippen LogP contribution in [0.15, 0.2) is 30.3 Å². The Bertz CT molecular complexity index is 702. The highest BCUT2D eigenvalue weighted by Crippen LogP contribution is 2.21. The number of rotatable bonds is 5. The molecule has 0 spiro atoms. The monoisotopic (exact) mass is 345 g/mol. The van der Waals surface area contributed by atoms with Crippen molar-refractivity contribution in [2.75, 3.05) is 13.1 Å². The van der Waals surface area contributed by atoms with Crippen molar-refractivity contribution in [1.82, 2.24) is 15.2 Å². The molecule has 1 saturated heterocycles. The van der Waals surface area contributed by atoms with E-state index in [9.17, 15) is 9.90 Å². The van der Waals surface area contributed by atoms with E-state index >= 15 is 0 Å². The number of likely N-dealkylation sites (tertiary alicyclic amines) is 1. The van der Waals surface area contributed by atoms with Gasteiger partial charge in [0.25, 0.3) is 5.91 Å². The van der Waals surface area contributed by atoms with E-state index < -0.39 is 0 Å². The minimum absolute atomic E-state index is 0.0702. The molecule has 24 heavy (non-hydrogen) atoms. The molecule has 1 aromatic carbocycles. The van der Waals surface area contributed by atoms with Gasteiger partial charge in [0.1, 0.15) is 4.88 Å². The Kier molecular flexibility index (Phi) is 5.28. The van der Waals surface area contributed by atoms with Crippen molar-refractivity contribution < 1.29 is 9.90 Å². The van der Waals surface area contributed by atoms with Crippen LogP contribution in [0.25, 0.3) is 0 Å². The maximum Gasteiger partial charge on any atom is 0.263 e. The third-order valence-corrected chi connectivity index (χ3v) is 5.41. The average molecular weight is 345 g/mol. The van der Waals surface area contributed by atoms with E-state index in [4.69, 9.17) is 0 Å². The van der Waals surface area contributed by atoms with Crippen LogP contribution in [0.5, 0.6) is 0 Å². The van der Waals surface area contributed by atoms with Gasteiger partial charge in [-0.15, -0.1) is 11.3 Å². The zero-order valence-electron chi connectivity index (χ0n) is 14.0. The molecule has 5 nitrogen and oxygen atoms in total. The molecule has 3 rings (SSSR count). The zero-order valence-corrected chi connectivity index (χ0v) is 14.8. The van der Waals surface area contributed by atoms with Gasteiger partial charge in [0, 0.05) is 25.7 Å². The second-order valence-corrected chi connectivity index (χ2v) is 7.52. The number of carbonyl (C=O) groups excluding carboxylic acids is 1. The number of thiazole rings is 1. The second kappa shape index (κ2) is 7.42. The Morgan fingerprint density at radius 3 is 2.79 bits per heavy atom. The summed E-state index contributed by atoms with van der Waals surface area (Å²) in [6.07, 6.45) is 0.358. The van der Waals surface area contributed by atoms with Crippen LogP contribution in [-0.4, -0.2) is 46.1 Å². The molecule has 1 aromatic heterocycles. The fourth-order valence-electron chi connectivity index (χ4n) is 3.21. The predicted octanol–water partition coefficient (Wildman–Crippen LogP) is 2.13. The Morgan fingerprint density at radius 1 is 1.38 bits per heavy atom. The standard InChI is InChI=1S/C18H23N3O2S/c1-12-17(24-13(2)20-12)18(23)19-9-15-8-16(22)11-21(15)10-14-6-4-3-5-7-14/h3-7,15-16,22H,8-11H2,1-2H3,(H,19,23)/t15-,16-/m0/s1. The van der Waals surface area contributed by atoms with Crippen molar-refractivity contribution in [2.24, 2.45) is 0 Å². The number of aliphatic hydroxyl groups is 1. The SMILES string of the molecule is Cc1nc(C)c(C(=O)NC[C@@H]2C[C@H](O)CN2Cc2ccccc2)s1. The molecule has 2 N–H and O–H groups in total. The first-order valence-electron chi connectivity index (χ1n) is 8.21. The smallest absolute Gasteiger partial charge is 0.263 e. The summed E-state index contributed by atoms with van der Waals surface area (Å²) in [6, 6.07) is 10.4. The van der Waals surface area contributed by atoms with Gasteiger partial charge < -0.3 is 10.4 Å². The number of carbonyl (C=O) groups is 1. The van der Waals surface area contributed by atoms with Gasteiger partial charge in [0.05, 0.1) is 16.8 Å². The van der Waals surface area contributed by atoms with E-state index in [1.54, 1.807) is 0 Å². The zero-order chi connectivity index (χ0) is 17.1. The molecule has 2 atom stereocenters. The van der Waals surface area contributed by atoms with Crippen molar-refractivity contribution in [2.45, 2.75) is 39.0 Å². The lowest BCUT2D eigenvalue weighted by Crippen LogP contribution is -2.39. The van der Waals surface area contributed by atoms with Crippen LogP contribution in [0.3, 0.4) is 0 Å². The summed E-state index contributed by atoms with van der Waals surface area (Å²) in [7, 11) is 0. The van der Waals surface area contributed by atoms with Crippen molar-refractivity contribution in [1.29, 1.82) is 0 Å². The largest absolute Gasteiger partial charge is 0.392 e. The molecule has 128 valence electrons. The Morgan fingerprint density at radius 2 is 2.12 bits per heavy atom. The lowest BCUT2D eigenvalue weighted by molar-refractivity contribution is 0.0943. The average Bonchev–Trinajstić information content (AvgIpc) is 3.07. The van der Waals surface area contributed by atoms with Crippen molar-refractivity contribution in [3.8, 4) is 0 Å². The number of β-amino-alcohol motifs (C(OH)–C–C–N with tert-alkyl or cyclic N) is 1. The van der Waals surface area contributed by atoms with Gasteiger partial charge in [0.15, 0.2) is 0 Å². The van der Waals surface area contributed by atoms with Crippen LogP contribution < -0.4 is 5.32 Å². The molecule has 1 fully saturated rings. The topological polar surface area (TPSA) is 65.5 Å². The number of nitrogens with zero attached hydrogens (tertiary/aromatic N) is 2. The number of amides is 1. The maximum atomic E-state index is 12.4. The van der Waals surface area contributed by atoms with E-state index in [0.29, 0.717) is 24.4 Å². The van der Waals surface area contributed by atoms with E-state index in [2.05, 4.69) is 27.3 Å². The van der Waals surface area contributed by atoms with Crippen molar-refractivity contribution in [3.63, 3.8) is 0 Å². The van der Waals surface area contributed by atoms with Crippen LogP contribution in [-0.2, 0) is 6.54 Å². The Labute approximate surface area is 146 Å². The quantitative estimate of drug-likeness (QED) is 0.871. The summed E-state index contributed by atoms with van der Waals surface area (Å²) < 4.78 is 0. The molecule has 0 saturated carbocycles. The van der Waals surface area contributed by atoms with E-state index in [-0.39, 0.29) is 18.1 Å². The lowest BCUT2D eigenvalue weighted by Gasteiger charge is -2.24. The predicted molar refractivity (Wildman–Crippen MR) is 95.2 cm³/mol. The highest BCUT2D eigenvalue weighted by molar-refractivity contribution is 7.13. The van der Waals surface area contributed by atoms with Crippen LogP contribution in [0.4, 0.5) is 0 Å². The van der Waals surface area contributed by atoms with Crippen LogP contribution >= 0.6 is 11.3 Å². The number of aryl methyl sites for hydroxylation is 2. The molecule has 2 heterocycles. The summed E-state index contributed by atoms with van der Waals surface area (Å²) in [5.74, 6) is -0.0702. The summed E-state index contributed by atoms with van der Waals surface area (Å²) in [5, 5.41) is 13.9. The first-order valence-corrected chi connectivity index (χ1v) is 9.03. The molecule has 1 amide bonds. The molecule has 0 radical (unpaired) electrons. The summed E-state index contributed by atoms with van der Waals surface area (Å²) >= 11 is 1.42. The van der Waals surface area contributed by atoms with Gasteiger partial charge in [-0.05, 0) is 25.8 Å². The number of hydrogen-bond acceptors (Lipinski definition) is 5. The molecular weight excluding hydrogens is 322 g/mol. The van der Waals surface area contributed by atoms with Crippen LogP contribution in [0.1, 0.15) is 32.4 Å². The minimum Gasteiger partial charge on any atom is -0.392 e. The fourth-order valence-corrected chi connectivity index (χ4v) is 4.05. The van der Waals surface area contributed by atoms with E-state index in [0.717, 1.165) is 17.2 Å². The van der Waals surface area contributed by atoms with Gasteiger partial charge in [-0.25, -0.2) is 4.98 Å². The molecule has 1 aliphatic rings. The van der Waals surface area contributed by atoms with Gasteiger partial charge in [-0.1, -0.05) is 30.3 Å².